The van der Waals surface area contributed by atoms with Crippen molar-refractivity contribution in [2.75, 3.05) is 59.5 Å². The number of aliphatic hydroxyl groups excluding tert-OH is 17. The van der Waals surface area contributed by atoms with Crippen molar-refractivity contribution in [3.63, 3.8) is 0 Å². The first kappa shape index (κ1) is 46.0. The molecule has 17 N–H and O–H groups in total. The van der Waals surface area contributed by atoms with Crippen LogP contribution in [0.5, 0.6) is 0 Å². The lowest BCUT2D eigenvalue weighted by atomic mass is 9.99. The topological polar surface area (TPSA) is 427 Å². The zero-order valence-electron chi connectivity index (χ0n) is 29.5. The molecule has 0 bridgehead atoms. The van der Waals surface area contributed by atoms with E-state index < -0.39 is 187 Å². The van der Waals surface area contributed by atoms with Crippen molar-refractivity contribution >= 4 is 0 Å². The quantitative estimate of drug-likeness (QED) is 0.0647. The summed E-state index contributed by atoms with van der Waals surface area (Å²) in [6.07, 6.45) is -32.3. The van der Waals surface area contributed by atoms with Gasteiger partial charge in [0.15, 0.2) is 6.29 Å². The van der Waals surface area contributed by atoms with Gasteiger partial charge in [-0.15, -0.1) is 0 Å². The fourth-order valence-corrected chi connectivity index (χ4v) is 7.16. The molecular formula is C30H52O26. The number of aliphatic hydroxyl groups is 17. The lowest BCUT2D eigenvalue weighted by Crippen LogP contribution is -2.63. The molecule has 0 aromatic carbocycles. The summed E-state index contributed by atoms with van der Waals surface area (Å²) in [6.45, 7) is -9.23. The standard InChI is InChI=1S/C30H52O26/c31-1-10-15(37)20(42)21(43)26(51-10)56-30(9-50-28(7-36)23(45)17(39)12(3-33)53-28)25(47)19(41)14(55-30)5-48-29(24(46)18(40)13(4-34)54-29)8-49-27(6-35)22(44)16(38)11(2-32)52-27/h10-26,31-47H,1-9H2. The summed E-state index contributed by atoms with van der Waals surface area (Å²) in [6, 6.07) is 0. The molecule has 5 rings (SSSR count). The zero-order valence-corrected chi connectivity index (χ0v) is 29.5. The molecule has 0 amide bonds. The third kappa shape index (κ3) is 7.97. The number of hydrogen-bond acceptors (Lipinski definition) is 26. The van der Waals surface area contributed by atoms with Gasteiger partial charge in [0.1, 0.15) is 124 Å². The van der Waals surface area contributed by atoms with Gasteiger partial charge in [0.25, 0.3) is 0 Å². The van der Waals surface area contributed by atoms with Crippen molar-refractivity contribution < 1.29 is 129 Å². The summed E-state index contributed by atoms with van der Waals surface area (Å²) in [5, 5.41) is 176. The van der Waals surface area contributed by atoms with Crippen LogP contribution in [0.2, 0.25) is 0 Å². The van der Waals surface area contributed by atoms with Crippen molar-refractivity contribution in [2.24, 2.45) is 0 Å². The molecule has 0 aromatic rings. The minimum absolute atomic E-state index is 0.835. The first-order valence-corrected chi connectivity index (χ1v) is 17.5. The van der Waals surface area contributed by atoms with Crippen molar-refractivity contribution in [2.45, 2.75) is 127 Å². The second-order valence-electron chi connectivity index (χ2n) is 14.2. The second-order valence-corrected chi connectivity index (χ2v) is 14.2. The van der Waals surface area contributed by atoms with Crippen LogP contribution in [0.1, 0.15) is 0 Å². The Hall–Kier alpha value is -1.04. The van der Waals surface area contributed by atoms with Crippen LogP contribution in [0.25, 0.3) is 0 Å². The Labute approximate surface area is 316 Å². The molecule has 5 fully saturated rings. The summed E-state index contributed by atoms with van der Waals surface area (Å²) in [5.41, 5.74) is 0. The van der Waals surface area contributed by atoms with E-state index in [4.69, 9.17) is 42.6 Å². The molecule has 21 unspecified atom stereocenters. The summed E-state index contributed by atoms with van der Waals surface area (Å²) >= 11 is 0. The molecule has 0 radical (unpaired) electrons. The van der Waals surface area contributed by atoms with Gasteiger partial charge in [0.2, 0.25) is 23.1 Å². The molecule has 21 atom stereocenters. The molecule has 5 saturated heterocycles. The molecule has 26 heteroatoms. The Morgan fingerprint density at radius 2 is 0.750 bits per heavy atom. The van der Waals surface area contributed by atoms with Gasteiger partial charge in [-0.1, -0.05) is 0 Å². The van der Waals surface area contributed by atoms with E-state index in [-0.39, 0.29) is 0 Å². The first-order valence-electron chi connectivity index (χ1n) is 17.5. The summed E-state index contributed by atoms with van der Waals surface area (Å²) in [5.74, 6) is -10.5. The Kier molecular flexibility index (Phi) is 14.7. The lowest BCUT2D eigenvalue weighted by molar-refractivity contribution is -0.401. The minimum atomic E-state index is -2.83. The molecule has 328 valence electrons. The summed E-state index contributed by atoms with van der Waals surface area (Å²) in [4.78, 5) is 0. The first-order chi connectivity index (χ1) is 26.4. The molecule has 5 heterocycles. The van der Waals surface area contributed by atoms with E-state index in [1.165, 1.54) is 0 Å². The van der Waals surface area contributed by atoms with E-state index in [1.807, 2.05) is 0 Å². The largest absolute Gasteiger partial charge is 0.394 e. The number of ether oxygens (including phenoxy) is 9. The van der Waals surface area contributed by atoms with Crippen LogP contribution in [-0.2, 0) is 42.6 Å². The molecule has 0 aliphatic carbocycles. The Morgan fingerprint density at radius 1 is 0.375 bits per heavy atom. The molecule has 56 heavy (non-hydrogen) atoms. The average molecular weight is 829 g/mol. The highest BCUT2D eigenvalue weighted by atomic mass is 16.8. The van der Waals surface area contributed by atoms with Crippen molar-refractivity contribution in [1.29, 1.82) is 0 Å². The third-order valence-corrected chi connectivity index (χ3v) is 10.7. The molecule has 5 aliphatic heterocycles. The van der Waals surface area contributed by atoms with Gasteiger partial charge in [0, 0.05) is 0 Å². The van der Waals surface area contributed by atoms with Gasteiger partial charge in [-0.3, -0.25) is 0 Å². The van der Waals surface area contributed by atoms with Gasteiger partial charge in [-0.05, 0) is 0 Å². The molecule has 0 saturated carbocycles. The molecule has 26 nitrogen and oxygen atoms in total. The van der Waals surface area contributed by atoms with E-state index >= 15 is 0 Å². The normalized spacial score (nSPS) is 52.3. The highest BCUT2D eigenvalue weighted by Gasteiger charge is 2.64. The van der Waals surface area contributed by atoms with Crippen LogP contribution >= 0.6 is 0 Å². The van der Waals surface area contributed by atoms with Crippen LogP contribution in [0.4, 0.5) is 0 Å². The van der Waals surface area contributed by atoms with Gasteiger partial charge in [-0.25, -0.2) is 0 Å². The Morgan fingerprint density at radius 3 is 1.18 bits per heavy atom. The predicted octanol–water partition coefficient (Wildman–Crippen LogP) is -11.9. The predicted molar refractivity (Wildman–Crippen MR) is 167 cm³/mol. The third-order valence-electron chi connectivity index (χ3n) is 10.7. The Balaban J connectivity index is 1.43. The zero-order chi connectivity index (χ0) is 41.5. The Bertz CT molecular complexity index is 1270. The fraction of sp³-hybridized carbons (Fsp3) is 1.00. The smallest absolute Gasteiger partial charge is 0.224 e. The van der Waals surface area contributed by atoms with Crippen LogP contribution in [0.3, 0.4) is 0 Å². The number of rotatable bonds is 17. The van der Waals surface area contributed by atoms with Gasteiger partial charge < -0.3 is 129 Å². The van der Waals surface area contributed by atoms with E-state index in [0.717, 1.165) is 0 Å². The van der Waals surface area contributed by atoms with Gasteiger partial charge >= 0.3 is 0 Å². The van der Waals surface area contributed by atoms with Crippen molar-refractivity contribution in [3.05, 3.63) is 0 Å². The van der Waals surface area contributed by atoms with Gasteiger partial charge in [-0.2, -0.15) is 0 Å². The fourth-order valence-electron chi connectivity index (χ4n) is 7.16. The van der Waals surface area contributed by atoms with Crippen LogP contribution in [0, 0.1) is 0 Å². The van der Waals surface area contributed by atoms with Crippen LogP contribution in [-0.4, -0.2) is 273 Å². The van der Waals surface area contributed by atoms with E-state index in [0.29, 0.717) is 0 Å². The van der Waals surface area contributed by atoms with E-state index in [2.05, 4.69) is 0 Å². The SMILES string of the molecule is OCC1OC(OC2(COC3(CO)OC(CO)C(O)C3O)OC(COC3(COC4(CO)OC(CO)C(O)C4O)OC(CO)C(O)C3O)C(O)C2O)C(O)C(O)C1O. The summed E-state index contributed by atoms with van der Waals surface area (Å²) in [7, 11) is 0. The van der Waals surface area contributed by atoms with Crippen molar-refractivity contribution in [1.82, 2.24) is 0 Å². The van der Waals surface area contributed by atoms with E-state index in [1.54, 1.807) is 0 Å². The minimum Gasteiger partial charge on any atom is -0.394 e. The second kappa shape index (κ2) is 17.9. The highest BCUT2D eigenvalue weighted by Crippen LogP contribution is 2.42. The molecular weight excluding hydrogens is 776 g/mol. The maximum absolute atomic E-state index is 11.4. The average Bonchev–Trinajstić information content (AvgIpc) is 3.80. The van der Waals surface area contributed by atoms with Crippen LogP contribution < -0.4 is 0 Å². The van der Waals surface area contributed by atoms with E-state index in [9.17, 15) is 86.8 Å². The van der Waals surface area contributed by atoms with Crippen molar-refractivity contribution in [3.8, 4) is 0 Å². The summed E-state index contributed by atoms with van der Waals surface area (Å²) < 4.78 is 50.2. The maximum Gasteiger partial charge on any atom is 0.224 e. The maximum atomic E-state index is 11.4. The highest BCUT2D eigenvalue weighted by molar-refractivity contribution is 5.04. The number of hydrogen-bond donors (Lipinski definition) is 17. The lowest BCUT2D eigenvalue weighted by Gasteiger charge is -2.44. The van der Waals surface area contributed by atoms with Crippen LogP contribution in [0.15, 0.2) is 0 Å². The molecule has 0 aromatic heterocycles. The van der Waals surface area contributed by atoms with Gasteiger partial charge in [0.05, 0.1) is 33.0 Å². The molecule has 0 spiro atoms. The molecule has 5 aliphatic rings. The monoisotopic (exact) mass is 828 g/mol.